The maximum Gasteiger partial charge on any atom is 0.264 e. The summed E-state index contributed by atoms with van der Waals surface area (Å²) in [6, 6.07) is 31.7. The summed E-state index contributed by atoms with van der Waals surface area (Å²) in [6.07, 6.45) is 0.856. The van der Waals surface area contributed by atoms with E-state index in [2.05, 4.69) is 5.32 Å². The van der Waals surface area contributed by atoms with E-state index in [1.165, 1.54) is 21.3 Å². The van der Waals surface area contributed by atoms with E-state index in [0.29, 0.717) is 18.7 Å². The highest BCUT2D eigenvalue weighted by molar-refractivity contribution is 7.92. The highest BCUT2D eigenvalue weighted by Gasteiger charge is 2.35. The Bertz CT molecular complexity index is 1630. The molecule has 1 atom stereocenters. The summed E-state index contributed by atoms with van der Waals surface area (Å²) in [5.74, 6) is -0.763. The lowest BCUT2D eigenvalue weighted by Gasteiger charge is -2.34. The Balaban J connectivity index is 1.82. The van der Waals surface area contributed by atoms with Crippen LogP contribution in [0, 0.1) is 6.92 Å². The molecule has 1 unspecified atom stereocenters. The largest absolute Gasteiger partial charge is 0.355 e. The van der Waals surface area contributed by atoms with Crippen molar-refractivity contribution in [2.45, 2.75) is 51.1 Å². The monoisotopic (exact) mass is 597 g/mol. The van der Waals surface area contributed by atoms with E-state index in [9.17, 15) is 18.0 Å². The molecule has 0 bridgehead atoms. The number of likely N-dealkylation sites (N-methyl/N-ethyl adjacent to an activating group) is 1. The molecule has 7 nitrogen and oxygen atoms in total. The Hall–Kier alpha value is -4.43. The number of nitrogens with zero attached hydrogens (tertiary/aromatic N) is 2. The number of carbonyl (C=O) groups is 2. The molecule has 224 valence electrons. The molecule has 4 aromatic rings. The lowest BCUT2D eigenvalue weighted by Crippen LogP contribution is -2.53. The zero-order valence-electron chi connectivity index (χ0n) is 24.9. The lowest BCUT2D eigenvalue weighted by molar-refractivity contribution is -0.140. The Morgan fingerprint density at radius 1 is 0.767 bits per heavy atom. The number of rotatable bonds is 13. The van der Waals surface area contributed by atoms with E-state index in [0.717, 1.165) is 22.3 Å². The molecule has 4 rings (SSSR count). The van der Waals surface area contributed by atoms with Crippen LogP contribution < -0.4 is 9.62 Å². The van der Waals surface area contributed by atoms with Gasteiger partial charge in [0, 0.05) is 19.5 Å². The molecule has 0 aliphatic rings. The third-order valence-electron chi connectivity index (χ3n) is 7.48. The molecule has 0 aliphatic heterocycles. The van der Waals surface area contributed by atoms with Crippen LogP contribution in [0.15, 0.2) is 114 Å². The number of sulfonamides is 1. The minimum atomic E-state index is -4.13. The first-order valence-corrected chi connectivity index (χ1v) is 16.0. The van der Waals surface area contributed by atoms with Crippen LogP contribution in [0.2, 0.25) is 0 Å². The van der Waals surface area contributed by atoms with Crippen LogP contribution in [0.4, 0.5) is 5.69 Å². The number of nitrogens with one attached hydrogen (secondary N) is 1. The van der Waals surface area contributed by atoms with Gasteiger partial charge < -0.3 is 10.2 Å². The van der Waals surface area contributed by atoms with Crippen molar-refractivity contribution < 1.29 is 18.0 Å². The Labute approximate surface area is 255 Å². The van der Waals surface area contributed by atoms with Crippen molar-refractivity contribution in [2.75, 3.05) is 17.4 Å². The highest BCUT2D eigenvalue weighted by Crippen LogP contribution is 2.28. The average Bonchev–Trinajstić information content (AvgIpc) is 3.03. The molecular weight excluding hydrogens is 558 g/mol. The minimum Gasteiger partial charge on any atom is -0.355 e. The lowest BCUT2D eigenvalue weighted by atomic mass is 10.0. The first-order chi connectivity index (χ1) is 20.8. The fourth-order valence-electron chi connectivity index (χ4n) is 5.10. The number of anilines is 1. The summed E-state index contributed by atoms with van der Waals surface area (Å²) >= 11 is 0. The van der Waals surface area contributed by atoms with E-state index >= 15 is 0 Å². The summed E-state index contributed by atoms with van der Waals surface area (Å²) in [6.45, 7) is 5.82. The second kappa shape index (κ2) is 14.6. The summed E-state index contributed by atoms with van der Waals surface area (Å²) in [5.41, 5.74) is 3.98. The molecule has 1 N–H and O–H groups in total. The predicted octanol–water partition coefficient (Wildman–Crippen LogP) is 5.53. The van der Waals surface area contributed by atoms with Crippen molar-refractivity contribution in [3.05, 3.63) is 131 Å². The number of benzene rings is 4. The Morgan fingerprint density at radius 3 is 1.98 bits per heavy atom. The Morgan fingerprint density at radius 2 is 1.35 bits per heavy atom. The minimum absolute atomic E-state index is 0.0868. The smallest absolute Gasteiger partial charge is 0.264 e. The molecule has 0 fully saturated rings. The van der Waals surface area contributed by atoms with E-state index < -0.39 is 28.5 Å². The Kier molecular flexibility index (Phi) is 10.7. The molecule has 8 heteroatoms. The third-order valence-corrected chi connectivity index (χ3v) is 9.25. The molecule has 2 amide bonds. The van der Waals surface area contributed by atoms with Gasteiger partial charge in [0.25, 0.3) is 10.0 Å². The third kappa shape index (κ3) is 7.70. The maximum atomic E-state index is 14.5. The van der Waals surface area contributed by atoms with Crippen LogP contribution >= 0.6 is 0 Å². The van der Waals surface area contributed by atoms with Gasteiger partial charge in [0.05, 0.1) is 10.6 Å². The SMILES string of the molecule is CCNC(=O)C(Cc1ccccc1)N(Cc1ccccc1C)C(=O)CN(c1ccccc1CC)S(=O)(=O)c1ccccc1. The summed E-state index contributed by atoms with van der Waals surface area (Å²) < 4.78 is 29.5. The van der Waals surface area contributed by atoms with Crippen LogP contribution in [-0.2, 0) is 39.0 Å². The van der Waals surface area contributed by atoms with Gasteiger partial charge in [-0.2, -0.15) is 0 Å². The van der Waals surface area contributed by atoms with Gasteiger partial charge in [0.15, 0.2) is 0 Å². The number of hydrogen-bond acceptors (Lipinski definition) is 4. The predicted molar refractivity (Wildman–Crippen MR) is 171 cm³/mol. The van der Waals surface area contributed by atoms with Gasteiger partial charge in [-0.05, 0) is 60.7 Å². The van der Waals surface area contributed by atoms with Crippen molar-refractivity contribution >= 4 is 27.5 Å². The average molecular weight is 598 g/mol. The van der Waals surface area contributed by atoms with E-state index in [1.54, 1.807) is 30.3 Å². The second-order valence-electron chi connectivity index (χ2n) is 10.4. The van der Waals surface area contributed by atoms with E-state index in [1.807, 2.05) is 87.5 Å². The number of hydrogen-bond donors (Lipinski definition) is 1. The van der Waals surface area contributed by atoms with Crippen molar-refractivity contribution in [1.29, 1.82) is 0 Å². The van der Waals surface area contributed by atoms with Gasteiger partial charge in [0.2, 0.25) is 11.8 Å². The topological polar surface area (TPSA) is 86.8 Å². The highest BCUT2D eigenvalue weighted by atomic mass is 32.2. The fraction of sp³-hybridized carbons (Fsp3) is 0.257. The summed E-state index contributed by atoms with van der Waals surface area (Å²) in [7, 11) is -4.13. The normalized spacial score (nSPS) is 11.9. The van der Waals surface area contributed by atoms with Crippen LogP contribution in [0.3, 0.4) is 0 Å². The number of aryl methyl sites for hydroxylation is 2. The van der Waals surface area contributed by atoms with E-state index in [-0.39, 0.29) is 23.8 Å². The maximum absolute atomic E-state index is 14.5. The van der Waals surface area contributed by atoms with Crippen LogP contribution in [0.25, 0.3) is 0 Å². The van der Waals surface area contributed by atoms with Gasteiger partial charge in [-0.25, -0.2) is 8.42 Å². The quantitative estimate of drug-likeness (QED) is 0.220. The molecule has 0 aromatic heterocycles. The number of amides is 2. The molecule has 0 spiro atoms. The van der Waals surface area contributed by atoms with E-state index in [4.69, 9.17) is 0 Å². The molecule has 0 radical (unpaired) electrons. The van der Waals surface area contributed by atoms with Gasteiger partial charge in [-0.3, -0.25) is 13.9 Å². The summed E-state index contributed by atoms with van der Waals surface area (Å²) in [4.78, 5) is 29.7. The molecule has 4 aromatic carbocycles. The molecule has 0 saturated carbocycles. The van der Waals surface area contributed by atoms with Crippen molar-refractivity contribution in [2.24, 2.45) is 0 Å². The standard InChI is InChI=1S/C35H39N3O4S/c1-4-29-19-14-15-23-32(29)38(43(41,42)31-21-10-7-11-22-31)26-34(39)37(25-30-20-13-12-16-27(30)3)33(35(40)36-5-2)24-28-17-8-6-9-18-28/h6-23,33H,4-5,24-26H2,1-3H3,(H,36,40). The van der Waals surface area contributed by atoms with Crippen LogP contribution in [0.1, 0.15) is 36.1 Å². The van der Waals surface area contributed by atoms with Crippen LogP contribution in [-0.4, -0.2) is 44.3 Å². The molecule has 0 heterocycles. The first kappa shape index (κ1) is 31.5. The van der Waals surface area contributed by atoms with Gasteiger partial charge in [-0.1, -0.05) is 97.9 Å². The first-order valence-electron chi connectivity index (χ1n) is 14.6. The van der Waals surface area contributed by atoms with Gasteiger partial charge >= 0.3 is 0 Å². The number of carbonyl (C=O) groups excluding carboxylic acids is 2. The zero-order valence-corrected chi connectivity index (χ0v) is 25.8. The van der Waals surface area contributed by atoms with Crippen molar-refractivity contribution in [1.82, 2.24) is 10.2 Å². The van der Waals surface area contributed by atoms with Crippen molar-refractivity contribution in [3.8, 4) is 0 Å². The van der Waals surface area contributed by atoms with Crippen LogP contribution in [0.5, 0.6) is 0 Å². The zero-order chi connectivity index (χ0) is 30.8. The molecule has 0 saturated heterocycles. The van der Waals surface area contributed by atoms with Crippen molar-refractivity contribution in [3.63, 3.8) is 0 Å². The molecular formula is C35H39N3O4S. The van der Waals surface area contributed by atoms with Gasteiger partial charge in [0.1, 0.15) is 12.6 Å². The summed E-state index contributed by atoms with van der Waals surface area (Å²) in [5, 5.41) is 2.90. The second-order valence-corrected chi connectivity index (χ2v) is 12.2. The van der Waals surface area contributed by atoms with Gasteiger partial charge in [-0.15, -0.1) is 0 Å². The molecule has 0 aliphatic carbocycles. The number of para-hydroxylation sites is 1. The fourth-order valence-corrected chi connectivity index (χ4v) is 6.58. The molecule has 43 heavy (non-hydrogen) atoms.